The van der Waals surface area contributed by atoms with Crippen LogP contribution in [0.5, 0.6) is 0 Å². The van der Waals surface area contributed by atoms with Gasteiger partial charge in [-0.3, -0.25) is 14.5 Å². The number of carbonyl (C=O) groups is 2. The van der Waals surface area contributed by atoms with Gasteiger partial charge in [0.05, 0.1) is 12.1 Å². The van der Waals surface area contributed by atoms with Gasteiger partial charge in [-0.05, 0) is 37.9 Å². The van der Waals surface area contributed by atoms with Gasteiger partial charge in [-0.2, -0.15) is 0 Å². The molecule has 0 fully saturated rings. The van der Waals surface area contributed by atoms with E-state index in [2.05, 4.69) is 15.6 Å². The third-order valence-corrected chi connectivity index (χ3v) is 6.33. The molecular weight excluding hydrogens is 382 g/mol. The van der Waals surface area contributed by atoms with E-state index in [0.717, 1.165) is 11.8 Å². The summed E-state index contributed by atoms with van der Waals surface area (Å²) in [5, 5.41) is 4.33. The van der Waals surface area contributed by atoms with Gasteiger partial charge in [0.2, 0.25) is 5.91 Å². The molecule has 1 unspecified atom stereocenters. The summed E-state index contributed by atoms with van der Waals surface area (Å²) < 4.78 is 24.2. The highest BCUT2D eigenvalue weighted by Gasteiger charge is 2.44. The topological polar surface area (TPSA) is 134 Å². The van der Waals surface area contributed by atoms with Crippen molar-refractivity contribution in [3.8, 4) is 0 Å². The maximum Gasteiger partial charge on any atom is 0.251 e. The quantitative estimate of drug-likeness (QED) is 0.546. The van der Waals surface area contributed by atoms with Gasteiger partial charge in [-0.25, -0.2) is 13.4 Å². The molecule has 0 bridgehead atoms. The number of likely N-dealkylation sites (N-methyl/N-ethyl adjacent to an activating group) is 1. The Balaban J connectivity index is 2.43. The van der Waals surface area contributed by atoms with Crippen molar-refractivity contribution in [1.82, 2.24) is 15.6 Å². The van der Waals surface area contributed by atoms with Crippen LogP contribution in [-0.2, 0) is 25.8 Å². The van der Waals surface area contributed by atoms with E-state index in [1.54, 1.807) is 32.3 Å². The standard InChI is InChI=1S/C18H29N5O4S/c1-10(2)14(22-17(24)11(3)20-4)18(25)23-13(15(19)28(5,26)27)9-12-7-6-8-21-16(12)23/h6-8,10-11,13-15,20H,9,19H2,1-5H3,(H,22,24)/t11-,13-,14-,15?/m0/s1. The van der Waals surface area contributed by atoms with Gasteiger partial charge in [0.25, 0.3) is 5.91 Å². The summed E-state index contributed by atoms with van der Waals surface area (Å²) in [5.74, 6) is -0.575. The van der Waals surface area contributed by atoms with Crippen molar-refractivity contribution in [1.29, 1.82) is 0 Å². The lowest BCUT2D eigenvalue weighted by atomic mass is 10.0. The number of rotatable bonds is 7. The second-order valence-corrected chi connectivity index (χ2v) is 9.70. The van der Waals surface area contributed by atoms with Crippen LogP contribution in [0.25, 0.3) is 0 Å². The molecule has 10 heteroatoms. The number of sulfone groups is 1. The fourth-order valence-corrected chi connectivity index (χ4v) is 3.96. The van der Waals surface area contributed by atoms with Gasteiger partial charge in [0.15, 0.2) is 9.84 Å². The monoisotopic (exact) mass is 411 g/mol. The number of pyridine rings is 1. The average molecular weight is 412 g/mol. The van der Waals surface area contributed by atoms with Crippen molar-refractivity contribution in [3.05, 3.63) is 23.9 Å². The molecule has 1 aromatic rings. The minimum Gasteiger partial charge on any atom is -0.343 e. The normalized spacial score (nSPS) is 19.8. The third-order valence-electron chi connectivity index (χ3n) is 5.02. The molecule has 4 N–H and O–H groups in total. The molecule has 0 radical (unpaired) electrons. The number of aromatic nitrogens is 1. The van der Waals surface area contributed by atoms with E-state index in [9.17, 15) is 18.0 Å². The molecule has 2 heterocycles. The van der Waals surface area contributed by atoms with Gasteiger partial charge in [-0.1, -0.05) is 19.9 Å². The maximum atomic E-state index is 13.4. The van der Waals surface area contributed by atoms with Gasteiger partial charge in [0.1, 0.15) is 17.2 Å². The first-order valence-corrected chi connectivity index (χ1v) is 11.1. The number of hydrogen-bond donors (Lipinski definition) is 3. The molecule has 1 aliphatic rings. The molecule has 2 amide bonds. The van der Waals surface area contributed by atoms with Crippen LogP contribution >= 0.6 is 0 Å². The first kappa shape index (κ1) is 22.3. The van der Waals surface area contributed by atoms with E-state index >= 15 is 0 Å². The molecule has 0 saturated carbocycles. The number of nitrogens with one attached hydrogen (secondary N) is 2. The minimum absolute atomic E-state index is 0.219. The molecule has 0 spiro atoms. The molecular formula is C18H29N5O4S. The predicted molar refractivity (Wildman–Crippen MR) is 107 cm³/mol. The average Bonchev–Trinajstić information content (AvgIpc) is 3.02. The number of carbonyl (C=O) groups excluding carboxylic acids is 2. The number of amides is 2. The molecule has 156 valence electrons. The number of nitrogens with two attached hydrogens (primary N) is 1. The van der Waals surface area contributed by atoms with Gasteiger partial charge in [-0.15, -0.1) is 0 Å². The van der Waals surface area contributed by atoms with E-state index in [-0.39, 0.29) is 18.2 Å². The minimum atomic E-state index is -3.60. The highest BCUT2D eigenvalue weighted by molar-refractivity contribution is 7.91. The zero-order chi connectivity index (χ0) is 21.2. The molecule has 1 aliphatic heterocycles. The Kier molecular flexibility index (Phi) is 6.79. The smallest absolute Gasteiger partial charge is 0.251 e. The fourth-order valence-electron chi connectivity index (χ4n) is 3.17. The summed E-state index contributed by atoms with van der Waals surface area (Å²) in [6, 6.07) is 1.42. The van der Waals surface area contributed by atoms with Gasteiger partial charge >= 0.3 is 0 Å². The van der Waals surface area contributed by atoms with Crippen LogP contribution < -0.4 is 21.3 Å². The second-order valence-electron chi connectivity index (χ2n) is 7.50. The van der Waals surface area contributed by atoms with Crippen molar-refractivity contribution in [3.63, 3.8) is 0 Å². The number of hydrogen-bond acceptors (Lipinski definition) is 7. The van der Waals surface area contributed by atoms with Crippen LogP contribution in [0.15, 0.2) is 18.3 Å². The molecule has 9 nitrogen and oxygen atoms in total. The molecule has 0 aromatic carbocycles. The SMILES string of the molecule is CN[C@@H](C)C(=O)N[C@H](C(=O)N1c2ncccc2C[C@H]1C(N)S(C)(=O)=O)C(C)C. The predicted octanol–water partition coefficient (Wildman–Crippen LogP) is -0.583. The maximum absolute atomic E-state index is 13.4. The van der Waals surface area contributed by atoms with E-state index in [0.29, 0.717) is 5.82 Å². The van der Waals surface area contributed by atoms with Crippen molar-refractivity contribution >= 4 is 27.5 Å². The molecule has 28 heavy (non-hydrogen) atoms. The zero-order valence-corrected chi connectivity index (χ0v) is 17.7. The molecule has 2 rings (SSSR count). The van der Waals surface area contributed by atoms with Crippen molar-refractivity contribution < 1.29 is 18.0 Å². The van der Waals surface area contributed by atoms with Crippen LogP contribution in [0.4, 0.5) is 5.82 Å². The highest BCUT2D eigenvalue weighted by atomic mass is 32.2. The van der Waals surface area contributed by atoms with Gasteiger partial charge in [0, 0.05) is 12.5 Å². The first-order chi connectivity index (χ1) is 13.0. The molecule has 0 aliphatic carbocycles. The Morgan fingerprint density at radius 2 is 1.96 bits per heavy atom. The Morgan fingerprint density at radius 3 is 2.50 bits per heavy atom. The first-order valence-electron chi connectivity index (χ1n) is 9.18. The molecule has 1 aromatic heterocycles. The summed E-state index contributed by atoms with van der Waals surface area (Å²) >= 11 is 0. The lowest BCUT2D eigenvalue weighted by Crippen LogP contribution is -2.59. The summed E-state index contributed by atoms with van der Waals surface area (Å²) in [4.78, 5) is 31.4. The van der Waals surface area contributed by atoms with Crippen LogP contribution in [0.3, 0.4) is 0 Å². The summed E-state index contributed by atoms with van der Waals surface area (Å²) in [7, 11) is -1.95. The summed E-state index contributed by atoms with van der Waals surface area (Å²) in [5.41, 5.74) is 6.75. The lowest BCUT2D eigenvalue weighted by molar-refractivity contribution is -0.129. The van der Waals surface area contributed by atoms with E-state index in [4.69, 9.17) is 5.73 Å². The lowest BCUT2D eigenvalue weighted by Gasteiger charge is -2.33. The largest absolute Gasteiger partial charge is 0.343 e. The zero-order valence-electron chi connectivity index (χ0n) is 16.8. The molecule has 0 saturated heterocycles. The van der Waals surface area contributed by atoms with Crippen LogP contribution in [-0.4, -0.2) is 62.0 Å². The Hall–Kier alpha value is -2.04. The Morgan fingerprint density at radius 1 is 1.32 bits per heavy atom. The number of fused-ring (bicyclic) bond motifs is 1. The van der Waals surface area contributed by atoms with Crippen LogP contribution in [0, 0.1) is 5.92 Å². The molecule has 4 atom stereocenters. The van der Waals surface area contributed by atoms with Crippen molar-refractivity contribution in [2.24, 2.45) is 11.7 Å². The van der Waals surface area contributed by atoms with E-state index in [1.807, 2.05) is 13.8 Å². The highest BCUT2D eigenvalue weighted by Crippen LogP contribution is 2.33. The van der Waals surface area contributed by atoms with E-state index < -0.39 is 39.2 Å². The fraction of sp³-hybridized carbons (Fsp3) is 0.611. The number of anilines is 1. The second kappa shape index (κ2) is 8.54. The van der Waals surface area contributed by atoms with Crippen molar-refractivity contribution in [2.45, 2.75) is 50.7 Å². The third kappa shape index (κ3) is 4.50. The van der Waals surface area contributed by atoms with Gasteiger partial charge < -0.3 is 16.4 Å². The van der Waals surface area contributed by atoms with E-state index in [1.165, 1.54) is 4.90 Å². The summed E-state index contributed by atoms with van der Waals surface area (Å²) in [6.07, 6.45) is 2.88. The van der Waals surface area contributed by atoms with Crippen molar-refractivity contribution in [2.75, 3.05) is 18.2 Å². The van der Waals surface area contributed by atoms with Crippen LogP contribution in [0.2, 0.25) is 0 Å². The summed E-state index contributed by atoms with van der Waals surface area (Å²) in [6.45, 7) is 5.31. The Bertz CT molecular complexity index is 842. The Labute approximate surface area is 166 Å². The van der Waals surface area contributed by atoms with Crippen LogP contribution in [0.1, 0.15) is 26.3 Å². The number of nitrogens with zero attached hydrogens (tertiary/aromatic N) is 2.